The number of nitrogens with zero attached hydrogens (tertiary/aromatic N) is 1. The minimum absolute atomic E-state index is 1.10. The molecule has 0 saturated carbocycles. The first kappa shape index (κ1) is 32.8. The molecule has 0 atom stereocenters. The summed E-state index contributed by atoms with van der Waals surface area (Å²) in [6.07, 6.45) is 13.0. The van der Waals surface area contributed by atoms with Crippen molar-refractivity contribution in [3.05, 3.63) is 258 Å². The highest BCUT2D eigenvalue weighted by Gasteiger charge is 2.12. The molecule has 0 aliphatic carbocycles. The van der Waals surface area contributed by atoms with E-state index in [0.29, 0.717) is 0 Å². The van der Waals surface area contributed by atoms with E-state index in [1.165, 1.54) is 33.4 Å². The van der Waals surface area contributed by atoms with Crippen molar-refractivity contribution in [2.75, 3.05) is 4.90 Å². The molecule has 0 aliphatic rings. The smallest absolute Gasteiger partial charge is 0.0462 e. The molecule has 7 rings (SSSR count). The SMILES string of the molecule is C(=Cc1ccc(N(c2ccccc2)c2ccc(C=CC=C(c3ccccc3)c3ccccc3)cc2)cc1)C=C(c1ccccc1)c1ccccc1. The van der Waals surface area contributed by atoms with E-state index in [1.807, 2.05) is 0 Å². The van der Waals surface area contributed by atoms with E-state index < -0.39 is 0 Å². The van der Waals surface area contributed by atoms with Gasteiger partial charge in [0.05, 0.1) is 0 Å². The summed E-state index contributed by atoms with van der Waals surface area (Å²) in [6, 6.07) is 70.2. The standard InChI is InChI=1S/C50H39N/c1-6-20-42(21-7-1)49(43-22-8-2-9-23-43)30-16-18-40-32-36-47(37-33-40)51(46-28-14-5-15-29-46)48-38-34-41(35-39-48)19-17-31-50(44-24-10-3-11-25-44)45-26-12-4-13-27-45/h1-39H. The molecule has 0 fully saturated rings. The molecule has 51 heavy (non-hydrogen) atoms. The van der Waals surface area contributed by atoms with Gasteiger partial charge in [0, 0.05) is 17.1 Å². The highest BCUT2D eigenvalue weighted by molar-refractivity contribution is 5.83. The van der Waals surface area contributed by atoms with Gasteiger partial charge in [-0.1, -0.05) is 200 Å². The van der Waals surface area contributed by atoms with E-state index in [-0.39, 0.29) is 0 Å². The summed E-state index contributed by atoms with van der Waals surface area (Å²) < 4.78 is 0. The number of allylic oxidation sites excluding steroid dienone is 4. The van der Waals surface area contributed by atoms with Gasteiger partial charge in [-0.3, -0.25) is 0 Å². The summed E-state index contributed by atoms with van der Waals surface area (Å²) in [5, 5.41) is 0. The second-order valence-corrected chi connectivity index (χ2v) is 12.2. The molecule has 1 nitrogen and oxygen atoms in total. The van der Waals surface area contributed by atoms with Crippen molar-refractivity contribution in [2.45, 2.75) is 0 Å². The summed E-state index contributed by atoms with van der Waals surface area (Å²) in [6.45, 7) is 0. The van der Waals surface area contributed by atoms with Crippen LogP contribution in [0.25, 0.3) is 23.3 Å². The minimum atomic E-state index is 1.10. The van der Waals surface area contributed by atoms with Crippen molar-refractivity contribution in [2.24, 2.45) is 0 Å². The Morgan fingerprint density at radius 1 is 0.294 bits per heavy atom. The van der Waals surface area contributed by atoms with Crippen LogP contribution in [0.15, 0.2) is 224 Å². The summed E-state index contributed by atoms with van der Waals surface area (Å²) in [4.78, 5) is 2.30. The van der Waals surface area contributed by atoms with Crippen LogP contribution in [-0.2, 0) is 0 Å². The minimum Gasteiger partial charge on any atom is -0.311 e. The zero-order valence-electron chi connectivity index (χ0n) is 28.5. The van der Waals surface area contributed by atoms with Crippen LogP contribution >= 0.6 is 0 Å². The van der Waals surface area contributed by atoms with Crippen molar-refractivity contribution in [3.63, 3.8) is 0 Å². The number of rotatable bonds is 11. The maximum Gasteiger partial charge on any atom is 0.0462 e. The van der Waals surface area contributed by atoms with Gasteiger partial charge < -0.3 is 4.90 Å². The molecule has 0 bridgehead atoms. The highest BCUT2D eigenvalue weighted by Crippen LogP contribution is 2.35. The van der Waals surface area contributed by atoms with Crippen LogP contribution in [-0.4, -0.2) is 0 Å². The summed E-state index contributed by atoms with van der Waals surface area (Å²) in [7, 11) is 0. The molecule has 0 unspecified atom stereocenters. The van der Waals surface area contributed by atoms with E-state index in [1.54, 1.807) is 0 Å². The maximum atomic E-state index is 2.30. The Hall–Kier alpha value is -6.70. The van der Waals surface area contributed by atoms with Crippen LogP contribution in [0.1, 0.15) is 33.4 Å². The Morgan fingerprint density at radius 2 is 0.569 bits per heavy atom. The lowest BCUT2D eigenvalue weighted by molar-refractivity contribution is 1.28. The van der Waals surface area contributed by atoms with Gasteiger partial charge in [0.25, 0.3) is 0 Å². The van der Waals surface area contributed by atoms with Crippen LogP contribution in [0.5, 0.6) is 0 Å². The van der Waals surface area contributed by atoms with Crippen molar-refractivity contribution in [1.29, 1.82) is 0 Å². The maximum absolute atomic E-state index is 2.30. The third-order valence-corrected chi connectivity index (χ3v) is 8.76. The van der Waals surface area contributed by atoms with Crippen LogP contribution in [0.3, 0.4) is 0 Å². The van der Waals surface area contributed by atoms with Crippen LogP contribution in [0.2, 0.25) is 0 Å². The molecule has 7 aromatic carbocycles. The monoisotopic (exact) mass is 653 g/mol. The molecule has 244 valence electrons. The van der Waals surface area contributed by atoms with Crippen LogP contribution < -0.4 is 4.90 Å². The molecule has 0 N–H and O–H groups in total. The molecular weight excluding hydrogens is 615 g/mol. The number of benzene rings is 7. The predicted octanol–water partition coefficient (Wildman–Crippen LogP) is 13.4. The second kappa shape index (κ2) is 16.6. The molecular formula is C50H39N. The Bertz CT molecular complexity index is 2000. The van der Waals surface area contributed by atoms with Gasteiger partial charge in [-0.05, 0) is 80.9 Å². The van der Waals surface area contributed by atoms with E-state index in [0.717, 1.165) is 28.2 Å². The molecule has 7 aromatic rings. The van der Waals surface area contributed by atoms with Gasteiger partial charge in [0.2, 0.25) is 0 Å². The van der Waals surface area contributed by atoms with Gasteiger partial charge in [-0.2, -0.15) is 0 Å². The number of hydrogen-bond acceptors (Lipinski definition) is 1. The number of hydrogen-bond donors (Lipinski definition) is 0. The fraction of sp³-hybridized carbons (Fsp3) is 0. The fourth-order valence-electron chi connectivity index (χ4n) is 6.19. The van der Waals surface area contributed by atoms with Crippen molar-refractivity contribution in [1.82, 2.24) is 0 Å². The third-order valence-electron chi connectivity index (χ3n) is 8.76. The number of anilines is 3. The van der Waals surface area contributed by atoms with Crippen molar-refractivity contribution >= 4 is 40.4 Å². The third kappa shape index (κ3) is 8.48. The highest BCUT2D eigenvalue weighted by atomic mass is 15.1. The molecule has 0 aromatic heterocycles. The first-order valence-electron chi connectivity index (χ1n) is 17.4. The van der Waals surface area contributed by atoms with Gasteiger partial charge >= 0.3 is 0 Å². The molecule has 0 radical (unpaired) electrons. The van der Waals surface area contributed by atoms with E-state index in [9.17, 15) is 0 Å². The Balaban J connectivity index is 1.12. The van der Waals surface area contributed by atoms with E-state index >= 15 is 0 Å². The molecule has 0 heterocycles. The fourth-order valence-corrected chi connectivity index (χ4v) is 6.19. The van der Waals surface area contributed by atoms with Gasteiger partial charge in [-0.25, -0.2) is 0 Å². The quantitative estimate of drug-likeness (QED) is 0.126. The topological polar surface area (TPSA) is 3.24 Å². The first-order valence-corrected chi connectivity index (χ1v) is 17.4. The molecule has 1 heteroatoms. The zero-order chi connectivity index (χ0) is 34.5. The average molecular weight is 654 g/mol. The Morgan fingerprint density at radius 3 is 0.882 bits per heavy atom. The normalized spacial score (nSPS) is 11.0. The van der Waals surface area contributed by atoms with Crippen molar-refractivity contribution < 1.29 is 0 Å². The predicted molar refractivity (Wildman–Crippen MR) is 219 cm³/mol. The Kier molecular flexibility index (Phi) is 10.7. The first-order chi connectivity index (χ1) is 25.3. The van der Waals surface area contributed by atoms with Gasteiger partial charge in [-0.15, -0.1) is 0 Å². The average Bonchev–Trinajstić information content (AvgIpc) is 3.21. The molecule has 0 amide bonds. The molecule has 0 saturated heterocycles. The summed E-state index contributed by atoms with van der Waals surface area (Å²) >= 11 is 0. The van der Waals surface area contributed by atoms with Gasteiger partial charge in [0.15, 0.2) is 0 Å². The lowest BCUT2D eigenvalue weighted by atomic mass is 9.97. The summed E-state index contributed by atoms with van der Waals surface area (Å²) in [5.41, 5.74) is 12.8. The molecule has 0 aliphatic heterocycles. The van der Waals surface area contributed by atoms with Crippen LogP contribution in [0, 0.1) is 0 Å². The largest absolute Gasteiger partial charge is 0.311 e. The van der Waals surface area contributed by atoms with E-state index in [4.69, 9.17) is 0 Å². The summed E-state index contributed by atoms with van der Waals surface area (Å²) in [5.74, 6) is 0. The Labute approximate surface area is 302 Å². The lowest BCUT2D eigenvalue weighted by Gasteiger charge is -2.25. The second-order valence-electron chi connectivity index (χ2n) is 12.2. The zero-order valence-corrected chi connectivity index (χ0v) is 28.5. The van der Waals surface area contributed by atoms with Gasteiger partial charge in [0.1, 0.15) is 0 Å². The van der Waals surface area contributed by atoms with Crippen molar-refractivity contribution in [3.8, 4) is 0 Å². The number of para-hydroxylation sites is 1. The lowest BCUT2D eigenvalue weighted by Crippen LogP contribution is -2.09. The van der Waals surface area contributed by atoms with E-state index in [2.05, 4.69) is 242 Å². The van der Waals surface area contributed by atoms with Crippen LogP contribution in [0.4, 0.5) is 17.1 Å². The molecule has 0 spiro atoms.